The second-order valence-electron chi connectivity index (χ2n) is 3.79. The molecule has 1 aromatic carbocycles. The molecule has 0 aliphatic rings. The second-order valence-corrected chi connectivity index (χ2v) is 5.81. The van der Waals surface area contributed by atoms with E-state index in [1.807, 2.05) is 0 Å². The average molecular weight is 288 g/mol. The number of nitrogens with zero attached hydrogens (tertiary/aromatic N) is 1. The Morgan fingerprint density at radius 2 is 2.11 bits per heavy atom. The molecule has 0 bridgehead atoms. The predicted octanol–water partition coefficient (Wildman–Crippen LogP) is -0.332. The monoisotopic (exact) mass is 288 g/mol. The summed E-state index contributed by atoms with van der Waals surface area (Å²) in [6.07, 6.45) is 0. The summed E-state index contributed by atoms with van der Waals surface area (Å²) in [6, 6.07) is 3.80. The summed E-state index contributed by atoms with van der Waals surface area (Å²) in [7, 11) is -1.23. The fourth-order valence-corrected chi connectivity index (χ4v) is 2.71. The van der Waals surface area contributed by atoms with Crippen molar-refractivity contribution >= 4 is 21.7 Å². The Balaban J connectivity index is 3.19. The molecular weight excluding hydrogens is 272 g/mol. The van der Waals surface area contributed by atoms with E-state index in [1.54, 1.807) is 0 Å². The number of ether oxygens (including phenoxy) is 1. The zero-order chi connectivity index (χ0) is 14.6. The first kappa shape index (κ1) is 15.4. The highest BCUT2D eigenvalue weighted by Gasteiger charge is 2.23. The number of nitrogen functional groups attached to an aromatic ring is 1. The van der Waals surface area contributed by atoms with Crippen molar-refractivity contribution in [3.63, 3.8) is 0 Å². The lowest BCUT2D eigenvalue weighted by Gasteiger charge is -2.17. The van der Waals surface area contributed by atoms with E-state index in [9.17, 15) is 13.2 Å². The zero-order valence-corrected chi connectivity index (χ0v) is 11.5. The predicted molar refractivity (Wildman–Crippen MR) is 69.1 cm³/mol. The normalized spacial score (nSPS) is 11.6. The fraction of sp³-hybridized carbons (Fsp3) is 0.364. The SMILES string of the molecule is COC(=O)c1ccc(S(=O)(=O)N(C)CCO)c(N)c1. The quantitative estimate of drug-likeness (QED) is 0.567. The molecule has 0 unspecified atom stereocenters. The third-order valence-corrected chi connectivity index (χ3v) is 4.46. The molecule has 106 valence electrons. The maximum atomic E-state index is 12.1. The van der Waals surface area contributed by atoms with Crippen molar-refractivity contribution in [1.82, 2.24) is 4.31 Å². The van der Waals surface area contributed by atoms with Crippen molar-refractivity contribution in [2.75, 3.05) is 33.0 Å². The molecule has 0 aromatic heterocycles. The summed E-state index contributed by atoms with van der Waals surface area (Å²) in [6.45, 7) is -0.337. The number of aliphatic hydroxyl groups excluding tert-OH is 1. The molecule has 1 rings (SSSR count). The number of esters is 1. The van der Waals surface area contributed by atoms with Crippen LogP contribution in [0.2, 0.25) is 0 Å². The Kier molecular flexibility index (Phi) is 4.87. The molecule has 0 atom stereocenters. The molecule has 0 spiro atoms. The molecular formula is C11H16N2O5S. The van der Waals surface area contributed by atoms with E-state index >= 15 is 0 Å². The summed E-state index contributed by atoms with van der Waals surface area (Å²) in [5.41, 5.74) is 5.78. The molecule has 7 nitrogen and oxygen atoms in total. The number of sulfonamides is 1. The van der Waals surface area contributed by atoms with Crippen LogP contribution in [-0.4, -0.2) is 51.1 Å². The van der Waals surface area contributed by atoms with Gasteiger partial charge in [0.1, 0.15) is 4.90 Å². The molecule has 0 saturated heterocycles. The number of hydrogen-bond acceptors (Lipinski definition) is 6. The van der Waals surface area contributed by atoms with E-state index < -0.39 is 16.0 Å². The van der Waals surface area contributed by atoms with Crippen LogP contribution in [0.4, 0.5) is 5.69 Å². The van der Waals surface area contributed by atoms with Gasteiger partial charge in [0, 0.05) is 13.6 Å². The minimum Gasteiger partial charge on any atom is -0.465 e. The van der Waals surface area contributed by atoms with Crippen LogP contribution in [-0.2, 0) is 14.8 Å². The topological polar surface area (TPSA) is 110 Å². The number of aliphatic hydroxyl groups is 1. The summed E-state index contributed by atoms with van der Waals surface area (Å²) < 4.78 is 29.7. The highest BCUT2D eigenvalue weighted by Crippen LogP contribution is 2.23. The molecule has 0 aliphatic heterocycles. The zero-order valence-electron chi connectivity index (χ0n) is 10.7. The molecule has 0 fully saturated rings. The number of carbonyl (C=O) groups excluding carboxylic acids is 1. The molecule has 0 amide bonds. The lowest BCUT2D eigenvalue weighted by molar-refractivity contribution is 0.0600. The fourth-order valence-electron chi connectivity index (χ4n) is 1.46. The number of likely N-dealkylation sites (N-methyl/N-ethyl adjacent to an activating group) is 1. The van der Waals surface area contributed by atoms with E-state index in [0.717, 1.165) is 4.31 Å². The van der Waals surface area contributed by atoms with Gasteiger partial charge in [-0.15, -0.1) is 0 Å². The molecule has 19 heavy (non-hydrogen) atoms. The van der Waals surface area contributed by atoms with E-state index in [0.29, 0.717) is 0 Å². The van der Waals surface area contributed by atoms with Gasteiger partial charge in [0.25, 0.3) is 0 Å². The Hall–Kier alpha value is -1.64. The molecule has 0 aliphatic carbocycles. The first-order chi connectivity index (χ1) is 8.84. The number of carbonyl (C=O) groups is 1. The van der Waals surface area contributed by atoms with Crippen molar-refractivity contribution in [3.8, 4) is 0 Å². The van der Waals surface area contributed by atoms with E-state index in [2.05, 4.69) is 4.74 Å². The van der Waals surface area contributed by atoms with Gasteiger partial charge in [-0.3, -0.25) is 0 Å². The third kappa shape index (κ3) is 3.22. The third-order valence-electron chi connectivity index (χ3n) is 2.53. The van der Waals surface area contributed by atoms with Gasteiger partial charge in [0.2, 0.25) is 10.0 Å². The number of methoxy groups -OCH3 is 1. The van der Waals surface area contributed by atoms with Crippen LogP contribution in [0.3, 0.4) is 0 Å². The molecule has 1 aromatic rings. The van der Waals surface area contributed by atoms with Crippen LogP contribution in [0.5, 0.6) is 0 Å². The minimum atomic E-state index is -3.78. The van der Waals surface area contributed by atoms with Crippen LogP contribution in [0.15, 0.2) is 23.1 Å². The van der Waals surface area contributed by atoms with Gasteiger partial charge in [-0.25, -0.2) is 13.2 Å². The minimum absolute atomic E-state index is 0.0411. The van der Waals surface area contributed by atoms with Crippen molar-refractivity contribution in [1.29, 1.82) is 0 Å². The number of nitrogens with two attached hydrogens (primary N) is 1. The highest BCUT2D eigenvalue weighted by molar-refractivity contribution is 7.89. The summed E-state index contributed by atoms with van der Waals surface area (Å²) >= 11 is 0. The van der Waals surface area contributed by atoms with Gasteiger partial charge >= 0.3 is 5.97 Å². The van der Waals surface area contributed by atoms with Crippen LogP contribution in [0.1, 0.15) is 10.4 Å². The lowest BCUT2D eigenvalue weighted by atomic mass is 10.2. The van der Waals surface area contributed by atoms with Gasteiger partial charge in [-0.2, -0.15) is 4.31 Å². The summed E-state index contributed by atoms with van der Waals surface area (Å²) in [4.78, 5) is 11.2. The van der Waals surface area contributed by atoms with Crippen molar-refractivity contribution < 1.29 is 23.1 Å². The smallest absolute Gasteiger partial charge is 0.337 e. The maximum Gasteiger partial charge on any atom is 0.337 e. The van der Waals surface area contributed by atoms with Crippen molar-refractivity contribution in [2.24, 2.45) is 0 Å². The summed E-state index contributed by atoms with van der Waals surface area (Å²) in [5, 5.41) is 8.77. The van der Waals surface area contributed by atoms with Crippen LogP contribution < -0.4 is 5.73 Å². The maximum absolute atomic E-state index is 12.1. The first-order valence-electron chi connectivity index (χ1n) is 5.39. The molecule has 0 radical (unpaired) electrons. The molecule has 0 saturated carbocycles. The first-order valence-corrected chi connectivity index (χ1v) is 6.83. The molecule has 3 N–H and O–H groups in total. The second kappa shape index (κ2) is 6.00. The van der Waals surface area contributed by atoms with Gasteiger partial charge in [0.05, 0.1) is 25.0 Å². The van der Waals surface area contributed by atoms with Crippen molar-refractivity contribution in [3.05, 3.63) is 23.8 Å². The Bertz CT molecular complexity index is 570. The average Bonchev–Trinajstić information content (AvgIpc) is 2.37. The number of benzene rings is 1. The largest absolute Gasteiger partial charge is 0.465 e. The van der Waals surface area contributed by atoms with Crippen LogP contribution in [0, 0.1) is 0 Å². The number of anilines is 1. The highest BCUT2D eigenvalue weighted by atomic mass is 32.2. The molecule has 0 heterocycles. The lowest BCUT2D eigenvalue weighted by Crippen LogP contribution is -2.30. The van der Waals surface area contributed by atoms with Crippen LogP contribution >= 0.6 is 0 Å². The van der Waals surface area contributed by atoms with Crippen molar-refractivity contribution in [2.45, 2.75) is 4.90 Å². The van der Waals surface area contributed by atoms with Crippen LogP contribution in [0.25, 0.3) is 0 Å². The Morgan fingerprint density at radius 1 is 1.47 bits per heavy atom. The van der Waals surface area contributed by atoms with Gasteiger partial charge in [-0.05, 0) is 18.2 Å². The van der Waals surface area contributed by atoms with E-state index in [1.165, 1.54) is 32.4 Å². The molecule has 8 heteroatoms. The number of hydrogen-bond donors (Lipinski definition) is 2. The van der Waals surface area contributed by atoms with Gasteiger partial charge < -0.3 is 15.6 Å². The van der Waals surface area contributed by atoms with Gasteiger partial charge in [0.15, 0.2) is 0 Å². The Morgan fingerprint density at radius 3 is 2.58 bits per heavy atom. The van der Waals surface area contributed by atoms with Gasteiger partial charge in [-0.1, -0.05) is 0 Å². The Labute approximate surface area is 111 Å². The number of rotatable bonds is 5. The van der Waals surface area contributed by atoms with E-state index in [-0.39, 0.29) is 29.3 Å². The summed E-state index contributed by atoms with van der Waals surface area (Å²) in [5.74, 6) is -0.598. The standard InChI is InChI=1S/C11H16N2O5S/c1-13(5-6-14)19(16,17)10-4-3-8(7-9(10)12)11(15)18-2/h3-4,7,14H,5-6,12H2,1-2H3. The van der Waals surface area contributed by atoms with E-state index in [4.69, 9.17) is 10.8 Å².